The van der Waals surface area contributed by atoms with E-state index < -0.39 is 17.9 Å². The summed E-state index contributed by atoms with van der Waals surface area (Å²) in [6.07, 6.45) is 0. The lowest BCUT2D eigenvalue weighted by Crippen LogP contribution is -2.23. The Kier molecular flexibility index (Phi) is 5.37. The molecule has 3 aromatic rings. The number of nitrogen functional groups attached to an aromatic ring is 1. The summed E-state index contributed by atoms with van der Waals surface area (Å²) in [4.78, 5) is 11.2. The van der Waals surface area contributed by atoms with Gasteiger partial charge in [0.1, 0.15) is 0 Å². The van der Waals surface area contributed by atoms with E-state index in [0.29, 0.717) is 16.6 Å². The Morgan fingerprint density at radius 3 is 2.11 bits per heavy atom. The van der Waals surface area contributed by atoms with Gasteiger partial charge >= 0.3 is 17.9 Å². The highest BCUT2D eigenvalue weighted by Crippen LogP contribution is 2.31. The van der Waals surface area contributed by atoms with Crippen LogP contribution in [0, 0.1) is 0 Å². The average Bonchev–Trinajstić information content (AvgIpc) is 2.68. The number of anilines is 2. The van der Waals surface area contributed by atoms with Gasteiger partial charge in [0.05, 0.1) is 10.6 Å². The van der Waals surface area contributed by atoms with Gasteiger partial charge in [-0.1, -0.05) is 24.3 Å². The van der Waals surface area contributed by atoms with Crippen LogP contribution in [-0.4, -0.2) is 28.4 Å². The molecule has 3 N–H and O–H groups in total. The van der Waals surface area contributed by atoms with Crippen LogP contribution in [0.4, 0.5) is 11.4 Å². The monoisotopic (exact) mass is 436 g/mol. The van der Waals surface area contributed by atoms with Gasteiger partial charge in [-0.3, -0.25) is 9.52 Å². The van der Waals surface area contributed by atoms with Crippen molar-refractivity contribution in [3.63, 3.8) is 0 Å². The highest BCUT2D eigenvalue weighted by molar-refractivity contribution is 8.67. The lowest BCUT2D eigenvalue weighted by molar-refractivity contribution is 0.102. The zero-order chi connectivity index (χ0) is 20.5. The Labute approximate surface area is 167 Å². The molecule has 0 bridgehead atoms. The van der Waals surface area contributed by atoms with Gasteiger partial charge in [0.25, 0.3) is 0 Å². The molecule has 0 aromatic heterocycles. The van der Waals surface area contributed by atoms with E-state index in [0.717, 1.165) is 0 Å². The number of rotatable bonds is 6. The summed E-state index contributed by atoms with van der Waals surface area (Å²) in [5.74, 6) is -0.234. The van der Waals surface area contributed by atoms with Gasteiger partial charge < -0.3 is 5.73 Å². The van der Waals surface area contributed by atoms with Gasteiger partial charge in [-0.15, -0.1) is 0 Å². The van der Waals surface area contributed by atoms with E-state index in [4.69, 9.17) is 5.73 Å². The minimum absolute atomic E-state index is 0.00364. The highest BCUT2D eigenvalue weighted by Gasteiger charge is 2.33. The third-order valence-corrected chi connectivity index (χ3v) is 8.84. The number of thiol groups is 1. The number of fused-ring (bicyclic) bond motifs is 1. The normalized spacial score (nSPS) is 12.0. The molecular formula is C18H16N2O5S3. The summed E-state index contributed by atoms with van der Waals surface area (Å²) >= 11 is 3.89. The van der Waals surface area contributed by atoms with Crippen molar-refractivity contribution < 1.29 is 21.6 Å². The Hall–Kier alpha value is -2.56. The van der Waals surface area contributed by atoms with Crippen molar-refractivity contribution in [3.8, 4) is 0 Å². The predicted molar refractivity (Wildman–Crippen MR) is 113 cm³/mol. The summed E-state index contributed by atoms with van der Waals surface area (Å²) in [5, 5.41) is 0.649. The first-order valence-corrected chi connectivity index (χ1v) is 12.1. The first-order chi connectivity index (χ1) is 13.2. The number of nitrogens with two attached hydrogens (primary N) is 1. The number of carbonyl (C=O) groups is 1. The number of carbonyl (C=O) groups excluding carboxylic acids is 1. The van der Waals surface area contributed by atoms with E-state index in [1.165, 1.54) is 42.5 Å². The zero-order valence-electron chi connectivity index (χ0n) is 14.4. The molecule has 0 spiro atoms. The van der Waals surface area contributed by atoms with Crippen molar-refractivity contribution in [1.29, 1.82) is 0 Å². The molecule has 0 saturated heterocycles. The number of benzene rings is 3. The molecule has 10 heteroatoms. The second-order valence-corrected chi connectivity index (χ2v) is 11.3. The second kappa shape index (κ2) is 7.46. The maximum atomic E-state index is 12.8. The standard InChI is InChI=1S/C18H16N2O5S3/c19-16-9-10-18(15-4-2-1-3-14(15)16)27(22,23)28(24,25)20-13-7-5-12(6-8-13)17(21)11-26/h1-10,20,26H,11,19H2. The predicted octanol–water partition coefficient (Wildman–Crippen LogP) is 2.67. The van der Waals surface area contributed by atoms with Crippen LogP contribution in [0.2, 0.25) is 0 Å². The molecule has 0 unspecified atom stereocenters. The van der Waals surface area contributed by atoms with Crippen LogP contribution in [0.25, 0.3) is 10.8 Å². The fraction of sp³-hybridized carbons (Fsp3) is 0.0556. The minimum Gasteiger partial charge on any atom is -0.398 e. The fourth-order valence-electron chi connectivity index (χ4n) is 2.65. The molecule has 3 rings (SSSR count). The Morgan fingerprint density at radius 2 is 1.50 bits per heavy atom. The van der Waals surface area contributed by atoms with Crippen LogP contribution >= 0.6 is 12.6 Å². The molecular weight excluding hydrogens is 420 g/mol. The molecule has 3 aromatic carbocycles. The van der Waals surface area contributed by atoms with E-state index in [1.54, 1.807) is 18.2 Å². The van der Waals surface area contributed by atoms with Crippen LogP contribution in [-0.2, 0) is 17.9 Å². The average molecular weight is 437 g/mol. The summed E-state index contributed by atoms with van der Waals surface area (Å²) in [7, 11) is -9.61. The molecule has 0 atom stereocenters. The SMILES string of the molecule is Nc1ccc(S(=O)(=O)S(=O)(=O)Nc2ccc(C(=O)CS)cc2)c2ccccc12. The zero-order valence-corrected chi connectivity index (χ0v) is 16.9. The molecule has 0 aliphatic heterocycles. The third-order valence-electron chi connectivity index (χ3n) is 4.07. The quantitative estimate of drug-likeness (QED) is 0.236. The largest absolute Gasteiger partial charge is 0.398 e. The molecule has 28 heavy (non-hydrogen) atoms. The summed E-state index contributed by atoms with van der Waals surface area (Å²) in [5.41, 5.74) is 6.55. The number of nitrogens with one attached hydrogen (secondary N) is 1. The Bertz CT molecular complexity index is 1270. The van der Waals surface area contributed by atoms with Gasteiger partial charge in [-0.25, -0.2) is 8.42 Å². The van der Waals surface area contributed by atoms with Crippen molar-refractivity contribution in [1.82, 2.24) is 0 Å². The van der Waals surface area contributed by atoms with E-state index in [2.05, 4.69) is 12.6 Å². The lowest BCUT2D eigenvalue weighted by Gasteiger charge is -2.12. The molecule has 146 valence electrons. The van der Waals surface area contributed by atoms with Crippen LogP contribution in [0.15, 0.2) is 65.6 Å². The maximum Gasteiger partial charge on any atom is 0.343 e. The van der Waals surface area contributed by atoms with Crippen LogP contribution < -0.4 is 10.5 Å². The highest BCUT2D eigenvalue weighted by atomic mass is 33.2. The first-order valence-electron chi connectivity index (χ1n) is 7.96. The third kappa shape index (κ3) is 3.58. The molecule has 7 nitrogen and oxygen atoms in total. The van der Waals surface area contributed by atoms with Crippen molar-refractivity contribution >= 4 is 58.5 Å². The maximum absolute atomic E-state index is 12.8. The smallest absolute Gasteiger partial charge is 0.343 e. The van der Waals surface area contributed by atoms with Crippen molar-refractivity contribution in [2.45, 2.75) is 4.90 Å². The number of ketones is 1. The number of hydrogen-bond acceptors (Lipinski definition) is 7. The molecule has 0 aliphatic carbocycles. The first kappa shape index (κ1) is 20.2. The number of Topliss-reactive ketones (excluding diaryl/α,β-unsaturated/α-hetero) is 1. The van der Waals surface area contributed by atoms with E-state index in [9.17, 15) is 21.6 Å². The molecule has 0 aliphatic rings. The summed E-state index contributed by atoms with van der Waals surface area (Å²) < 4.78 is 53.0. The Balaban J connectivity index is 2.02. The van der Waals surface area contributed by atoms with Gasteiger partial charge in [-0.05, 0) is 36.4 Å². The summed E-state index contributed by atoms with van der Waals surface area (Å²) in [6, 6.07) is 14.3. The van der Waals surface area contributed by atoms with Gasteiger partial charge in [0.2, 0.25) is 0 Å². The van der Waals surface area contributed by atoms with Crippen molar-refractivity contribution in [3.05, 3.63) is 66.2 Å². The number of hydrogen-bond donors (Lipinski definition) is 3. The van der Waals surface area contributed by atoms with E-state index in [1.807, 2.05) is 4.72 Å². The molecule has 0 saturated carbocycles. The van der Waals surface area contributed by atoms with Gasteiger partial charge in [0, 0.05) is 27.7 Å². The van der Waals surface area contributed by atoms with Gasteiger partial charge in [-0.2, -0.15) is 21.0 Å². The van der Waals surface area contributed by atoms with Gasteiger partial charge in [0.15, 0.2) is 5.78 Å². The fourth-order valence-corrected chi connectivity index (χ4v) is 6.04. The van der Waals surface area contributed by atoms with Crippen molar-refractivity contribution in [2.24, 2.45) is 0 Å². The van der Waals surface area contributed by atoms with Crippen LogP contribution in [0.1, 0.15) is 10.4 Å². The Morgan fingerprint density at radius 1 is 0.893 bits per heavy atom. The lowest BCUT2D eigenvalue weighted by atomic mass is 10.1. The summed E-state index contributed by atoms with van der Waals surface area (Å²) in [6.45, 7) is 0. The molecule has 0 radical (unpaired) electrons. The molecule has 0 amide bonds. The second-order valence-electron chi connectivity index (χ2n) is 5.87. The minimum atomic E-state index is -4.83. The van der Waals surface area contributed by atoms with Crippen LogP contribution in [0.5, 0.6) is 0 Å². The van der Waals surface area contributed by atoms with E-state index >= 15 is 0 Å². The van der Waals surface area contributed by atoms with Crippen molar-refractivity contribution in [2.75, 3.05) is 16.2 Å². The molecule has 0 heterocycles. The van der Waals surface area contributed by atoms with Crippen LogP contribution in [0.3, 0.4) is 0 Å². The van der Waals surface area contributed by atoms with E-state index in [-0.39, 0.29) is 27.5 Å². The topological polar surface area (TPSA) is 123 Å². The molecule has 0 fully saturated rings.